The summed E-state index contributed by atoms with van der Waals surface area (Å²) in [6.45, 7) is 7.97. The first-order chi connectivity index (χ1) is 27.3. The molecular formula is C42H47FN6O6SSi. The molecule has 2 N–H and O–H groups in total. The van der Waals surface area contributed by atoms with Gasteiger partial charge in [-0.15, -0.1) is 4.80 Å². The van der Waals surface area contributed by atoms with Gasteiger partial charge in [-0.25, -0.2) is 9.18 Å². The maximum absolute atomic E-state index is 15.1. The zero-order valence-electron chi connectivity index (χ0n) is 32.7. The van der Waals surface area contributed by atoms with Crippen molar-refractivity contribution in [3.05, 3.63) is 129 Å². The highest BCUT2D eigenvalue weighted by Gasteiger charge is 2.49. The van der Waals surface area contributed by atoms with E-state index in [4.69, 9.17) is 9.47 Å². The second-order valence-electron chi connectivity index (χ2n) is 15.5. The fourth-order valence-corrected chi connectivity index (χ4v) is 13.1. The molecule has 2 atom stereocenters. The Labute approximate surface area is 334 Å². The summed E-state index contributed by atoms with van der Waals surface area (Å²) in [5.74, 6) is -0.279. The number of carbonyl (C=O) groups excluding carboxylic acids is 1. The number of thiophene rings is 1. The van der Waals surface area contributed by atoms with Gasteiger partial charge < -0.3 is 19.6 Å². The van der Waals surface area contributed by atoms with Crippen molar-refractivity contribution in [2.75, 3.05) is 20.3 Å². The van der Waals surface area contributed by atoms with Gasteiger partial charge in [0.05, 0.1) is 37.0 Å². The van der Waals surface area contributed by atoms with Crippen LogP contribution in [0.2, 0.25) is 5.04 Å². The summed E-state index contributed by atoms with van der Waals surface area (Å²) in [6, 6.07) is 23.8. The molecule has 7 rings (SSSR count). The molecule has 1 fully saturated rings. The van der Waals surface area contributed by atoms with Gasteiger partial charge in [0, 0.05) is 30.7 Å². The number of piperidine rings is 1. The standard InChI is InChI=1S/C42H47FN6O6SSi/c1-28-36-37(51)48(42(4)21-19-35(50)44-27-42)40(52)47(39(36)56-38(28)49-45-22-23-46-49)26-34(32-25-29(43)17-18-33(32)54-5)55-24-12-20-41(2,3)57(53,30-13-8-6-9-14-30)31-15-10-7-11-16-31/h6-11,13-18,22-23,25,34,53H,12,19-21,24,26-27H2,1-5H3,(H,44,50)/t34-,42+/m0/s1. The van der Waals surface area contributed by atoms with Crippen molar-refractivity contribution >= 4 is 46.2 Å². The second-order valence-corrected chi connectivity index (χ2v) is 20.4. The molecule has 0 saturated carbocycles. The molecule has 12 nitrogen and oxygen atoms in total. The summed E-state index contributed by atoms with van der Waals surface area (Å²) in [4.78, 5) is 56.0. The van der Waals surface area contributed by atoms with Crippen molar-refractivity contribution < 1.29 is 23.5 Å². The van der Waals surface area contributed by atoms with E-state index in [-0.39, 0.29) is 38.4 Å². The number of ether oxygens (including phenoxy) is 2. The lowest BCUT2D eigenvalue weighted by Gasteiger charge is -2.41. The lowest BCUT2D eigenvalue weighted by Crippen LogP contribution is -2.65. The first kappa shape index (κ1) is 40.0. The zero-order chi connectivity index (χ0) is 40.5. The Morgan fingerprint density at radius 3 is 2.26 bits per heavy atom. The van der Waals surface area contributed by atoms with Gasteiger partial charge in [0.15, 0.2) is 0 Å². The van der Waals surface area contributed by atoms with Crippen LogP contribution < -0.4 is 31.7 Å². The second kappa shape index (κ2) is 16.0. The summed E-state index contributed by atoms with van der Waals surface area (Å²) in [5, 5.41) is 13.6. The maximum atomic E-state index is 15.1. The first-order valence-corrected chi connectivity index (χ1v) is 21.8. The van der Waals surface area contributed by atoms with Crippen molar-refractivity contribution in [2.45, 2.75) is 76.6 Å². The number of hydrogen-bond acceptors (Lipinski definition) is 9. The number of fused-ring (bicyclic) bond motifs is 1. The number of carbonyl (C=O) groups is 1. The molecule has 0 spiro atoms. The number of aromatic nitrogens is 5. The minimum atomic E-state index is -3.30. The molecule has 0 aliphatic carbocycles. The molecule has 4 heterocycles. The van der Waals surface area contributed by atoms with E-state index < -0.39 is 42.1 Å². The third-order valence-corrected chi connectivity index (χ3v) is 17.2. The van der Waals surface area contributed by atoms with Crippen LogP contribution in [-0.4, -0.2) is 63.4 Å². The molecule has 1 saturated heterocycles. The van der Waals surface area contributed by atoms with Gasteiger partial charge in [-0.3, -0.25) is 18.7 Å². The molecule has 15 heteroatoms. The van der Waals surface area contributed by atoms with Crippen molar-refractivity contribution in [1.82, 2.24) is 29.4 Å². The van der Waals surface area contributed by atoms with Crippen LogP contribution in [0.25, 0.3) is 15.2 Å². The Balaban J connectivity index is 1.28. The van der Waals surface area contributed by atoms with E-state index >= 15 is 4.39 Å². The molecule has 3 aromatic heterocycles. The van der Waals surface area contributed by atoms with Crippen LogP contribution in [0.4, 0.5) is 4.39 Å². The number of nitrogens with one attached hydrogen (secondary N) is 1. The minimum Gasteiger partial charge on any atom is -0.496 e. The van der Waals surface area contributed by atoms with Gasteiger partial charge in [0.25, 0.3) is 13.9 Å². The highest BCUT2D eigenvalue weighted by Crippen LogP contribution is 2.41. The molecule has 0 bridgehead atoms. The number of amides is 1. The van der Waals surface area contributed by atoms with E-state index in [0.717, 1.165) is 10.4 Å². The number of methoxy groups -OCH3 is 1. The van der Waals surface area contributed by atoms with Crippen molar-refractivity contribution in [1.29, 1.82) is 0 Å². The lowest BCUT2D eigenvalue weighted by atomic mass is 9.91. The average Bonchev–Trinajstić information content (AvgIpc) is 3.87. The third kappa shape index (κ3) is 7.40. The van der Waals surface area contributed by atoms with Gasteiger partial charge in [0.1, 0.15) is 27.5 Å². The maximum Gasteiger partial charge on any atom is 0.332 e. The molecule has 298 valence electrons. The van der Waals surface area contributed by atoms with Crippen molar-refractivity contribution in [2.24, 2.45) is 0 Å². The fraction of sp³-hybridized carbons (Fsp3) is 0.357. The van der Waals surface area contributed by atoms with Gasteiger partial charge in [0.2, 0.25) is 5.91 Å². The fourth-order valence-electron chi connectivity index (χ4n) is 8.11. The summed E-state index contributed by atoms with van der Waals surface area (Å²) >= 11 is 1.21. The number of halogens is 1. The number of benzene rings is 3. The summed E-state index contributed by atoms with van der Waals surface area (Å²) < 4.78 is 30.2. The monoisotopic (exact) mass is 810 g/mol. The summed E-state index contributed by atoms with van der Waals surface area (Å²) in [7, 11) is -1.81. The van der Waals surface area contributed by atoms with E-state index in [1.54, 1.807) is 13.8 Å². The SMILES string of the molecule is COc1ccc(F)cc1[C@H](Cn1c(=O)n([C@]2(C)CCC(=O)NC2)c(=O)c2c(C)c(-n3nccn3)sc21)OCCCC(C)(C)[Si](O)(c1ccccc1)c1ccccc1. The lowest BCUT2D eigenvalue weighted by molar-refractivity contribution is -0.124. The largest absolute Gasteiger partial charge is 0.496 e. The van der Waals surface area contributed by atoms with Gasteiger partial charge in [-0.1, -0.05) is 85.8 Å². The predicted molar refractivity (Wildman–Crippen MR) is 221 cm³/mol. The molecule has 3 aromatic carbocycles. The molecule has 57 heavy (non-hydrogen) atoms. The van der Waals surface area contributed by atoms with E-state index in [9.17, 15) is 19.2 Å². The van der Waals surface area contributed by atoms with E-state index in [0.29, 0.717) is 44.9 Å². The van der Waals surface area contributed by atoms with Gasteiger partial charge >= 0.3 is 5.69 Å². The Bertz CT molecular complexity index is 2450. The summed E-state index contributed by atoms with van der Waals surface area (Å²) in [6.07, 6.45) is 3.72. The molecule has 0 unspecified atom stereocenters. The number of hydrogen-bond donors (Lipinski definition) is 2. The Morgan fingerprint density at radius 2 is 1.67 bits per heavy atom. The highest BCUT2D eigenvalue weighted by molar-refractivity contribution is 7.21. The normalized spacial score (nSPS) is 16.8. The Morgan fingerprint density at radius 1 is 1.02 bits per heavy atom. The molecule has 6 aromatic rings. The van der Waals surface area contributed by atoms with Gasteiger partial charge in [-0.05, 0) is 66.7 Å². The van der Waals surface area contributed by atoms with Crippen LogP contribution in [-0.2, 0) is 21.6 Å². The number of aryl methyl sites for hydroxylation is 1. The Hall–Kier alpha value is -5.22. The number of nitrogens with zero attached hydrogens (tertiary/aromatic N) is 5. The molecule has 1 aliphatic heterocycles. The smallest absolute Gasteiger partial charge is 0.332 e. The minimum absolute atomic E-state index is 0.0955. The van der Waals surface area contributed by atoms with Crippen molar-refractivity contribution in [3.63, 3.8) is 0 Å². The van der Waals surface area contributed by atoms with Crippen LogP contribution in [0, 0.1) is 12.7 Å². The zero-order valence-corrected chi connectivity index (χ0v) is 34.5. The Kier molecular flexibility index (Phi) is 11.2. The van der Waals surface area contributed by atoms with Crippen LogP contribution in [0.1, 0.15) is 63.7 Å². The predicted octanol–water partition coefficient (Wildman–Crippen LogP) is 4.96. The molecule has 0 radical (unpaired) electrons. The molecule has 1 amide bonds. The first-order valence-electron chi connectivity index (χ1n) is 19.0. The van der Waals surface area contributed by atoms with Gasteiger partial charge in [-0.2, -0.15) is 10.2 Å². The molecule has 1 aliphatic rings. The third-order valence-electron chi connectivity index (χ3n) is 11.4. The van der Waals surface area contributed by atoms with Crippen LogP contribution in [0.5, 0.6) is 5.75 Å². The number of rotatable bonds is 14. The van der Waals surface area contributed by atoms with E-state index in [1.807, 2.05) is 60.7 Å². The summed E-state index contributed by atoms with van der Waals surface area (Å²) in [5.41, 5.74) is -1.09. The highest BCUT2D eigenvalue weighted by atomic mass is 32.1. The van der Waals surface area contributed by atoms with Crippen molar-refractivity contribution in [3.8, 4) is 10.8 Å². The van der Waals surface area contributed by atoms with Crippen LogP contribution >= 0.6 is 11.3 Å². The van der Waals surface area contributed by atoms with E-state index in [2.05, 4.69) is 29.4 Å². The topological polar surface area (TPSA) is 142 Å². The van der Waals surface area contributed by atoms with E-state index in [1.165, 1.54) is 63.0 Å². The molecular weight excluding hydrogens is 764 g/mol. The average molecular weight is 811 g/mol. The quantitative estimate of drug-likeness (QED) is 0.116. The van der Waals surface area contributed by atoms with Crippen LogP contribution in [0.15, 0.2) is 101 Å². The van der Waals surface area contributed by atoms with Crippen LogP contribution in [0.3, 0.4) is 0 Å².